The number of rotatable bonds is 5. The number of methoxy groups -OCH3 is 1. The Morgan fingerprint density at radius 1 is 1.55 bits per heavy atom. The fourth-order valence-electron chi connectivity index (χ4n) is 2.48. The largest absolute Gasteiger partial charge is 0.379 e. The second-order valence-electron chi connectivity index (χ2n) is 4.87. The molecule has 0 spiro atoms. The van der Waals surface area contributed by atoms with Crippen LogP contribution in [-0.4, -0.2) is 36.7 Å². The number of nitrogens with one attached hydrogen (secondary N) is 2. The molecule has 0 aliphatic heterocycles. The van der Waals surface area contributed by atoms with Gasteiger partial charge >= 0.3 is 0 Å². The molecule has 1 heterocycles. The third-order valence-corrected chi connectivity index (χ3v) is 3.81. The van der Waals surface area contributed by atoms with Crippen LogP contribution in [0.1, 0.15) is 36.5 Å². The second kappa shape index (κ2) is 6.90. The van der Waals surface area contributed by atoms with Gasteiger partial charge in [-0.1, -0.05) is 11.6 Å². The van der Waals surface area contributed by atoms with E-state index in [9.17, 15) is 4.79 Å². The molecule has 0 radical (unpaired) electrons. The molecule has 1 aliphatic carbocycles. The lowest BCUT2D eigenvalue weighted by Gasteiger charge is -2.19. The maximum atomic E-state index is 12.2. The molecular formula is C14H20ClN3O2. The number of carbonyl (C=O) groups is 1. The number of carbonyl (C=O) groups excluding carboxylic acids is 1. The molecule has 1 fully saturated rings. The fourth-order valence-corrected chi connectivity index (χ4v) is 2.72. The first-order chi connectivity index (χ1) is 9.65. The Morgan fingerprint density at radius 2 is 2.35 bits per heavy atom. The lowest BCUT2D eigenvalue weighted by Crippen LogP contribution is -2.40. The van der Waals surface area contributed by atoms with Crippen molar-refractivity contribution >= 4 is 23.3 Å². The average Bonchev–Trinajstić information content (AvgIpc) is 2.88. The van der Waals surface area contributed by atoms with Gasteiger partial charge in [0.2, 0.25) is 0 Å². The molecule has 5 nitrogen and oxygen atoms in total. The average molecular weight is 298 g/mol. The predicted molar refractivity (Wildman–Crippen MR) is 79.3 cm³/mol. The van der Waals surface area contributed by atoms with Crippen LogP contribution in [0.25, 0.3) is 0 Å². The minimum atomic E-state index is -0.156. The van der Waals surface area contributed by atoms with E-state index in [-0.39, 0.29) is 18.1 Å². The van der Waals surface area contributed by atoms with Gasteiger partial charge in [0.1, 0.15) is 5.82 Å². The van der Waals surface area contributed by atoms with E-state index in [1.807, 2.05) is 6.92 Å². The van der Waals surface area contributed by atoms with Crippen LogP contribution >= 0.6 is 11.6 Å². The monoisotopic (exact) mass is 297 g/mol. The van der Waals surface area contributed by atoms with E-state index in [2.05, 4.69) is 15.6 Å². The highest BCUT2D eigenvalue weighted by Gasteiger charge is 2.28. The SMILES string of the molecule is CCNc1ncc(C(=O)NC2CCCC2OC)cc1Cl. The molecule has 1 saturated carbocycles. The number of hydrogen-bond acceptors (Lipinski definition) is 4. The zero-order valence-electron chi connectivity index (χ0n) is 11.8. The lowest BCUT2D eigenvalue weighted by atomic mass is 10.2. The Hall–Kier alpha value is -1.33. The number of hydrogen-bond donors (Lipinski definition) is 2. The van der Waals surface area contributed by atoms with Crippen molar-refractivity contribution in [2.24, 2.45) is 0 Å². The van der Waals surface area contributed by atoms with Gasteiger partial charge in [-0.05, 0) is 32.3 Å². The summed E-state index contributed by atoms with van der Waals surface area (Å²) in [6.07, 6.45) is 4.64. The van der Waals surface area contributed by atoms with Gasteiger partial charge in [-0.3, -0.25) is 4.79 Å². The molecule has 2 rings (SSSR count). The van der Waals surface area contributed by atoms with Crippen molar-refractivity contribution in [2.75, 3.05) is 19.0 Å². The minimum absolute atomic E-state index is 0.0692. The number of nitrogens with zero attached hydrogens (tertiary/aromatic N) is 1. The van der Waals surface area contributed by atoms with Crippen molar-refractivity contribution in [1.82, 2.24) is 10.3 Å². The van der Waals surface area contributed by atoms with E-state index < -0.39 is 0 Å². The summed E-state index contributed by atoms with van der Waals surface area (Å²) >= 11 is 6.10. The van der Waals surface area contributed by atoms with Crippen LogP contribution in [-0.2, 0) is 4.74 Å². The molecule has 2 unspecified atom stereocenters. The van der Waals surface area contributed by atoms with Crippen LogP contribution in [0.4, 0.5) is 5.82 Å². The van der Waals surface area contributed by atoms with Crippen LogP contribution in [0.15, 0.2) is 12.3 Å². The van der Waals surface area contributed by atoms with Gasteiger partial charge in [0, 0.05) is 19.9 Å². The number of aromatic nitrogens is 1. The number of pyridine rings is 1. The number of amides is 1. The van der Waals surface area contributed by atoms with Crippen molar-refractivity contribution < 1.29 is 9.53 Å². The van der Waals surface area contributed by atoms with Gasteiger partial charge in [0.15, 0.2) is 0 Å². The van der Waals surface area contributed by atoms with E-state index in [0.29, 0.717) is 16.4 Å². The molecule has 1 aromatic rings. The van der Waals surface area contributed by atoms with E-state index in [0.717, 1.165) is 25.8 Å². The molecule has 0 aromatic carbocycles. The van der Waals surface area contributed by atoms with Gasteiger partial charge in [0.05, 0.1) is 22.7 Å². The summed E-state index contributed by atoms with van der Waals surface area (Å²) in [5.74, 6) is 0.442. The highest BCUT2D eigenvalue weighted by Crippen LogP contribution is 2.23. The fraction of sp³-hybridized carbons (Fsp3) is 0.571. The Bertz CT molecular complexity index is 481. The van der Waals surface area contributed by atoms with Gasteiger partial charge in [-0.25, -0.2) is 4.98 Å². The molecule has 20 heavy (non-hydrogen) atoms. The maximum Gasteiger partial charge on any atom is 0.253 e. The first-order valence-electron chi connectivity index (χ1n) is 6.88. The van der Waals surface area contributed by atoms with Crippen LogP contribution in [0.3, 0.4) is 0 Å². The molecular weight excluding hydrogens is 278 g/mol. The Morgan fingerprint density at radius 3 is 3.00 bits per heavy atom. The zero-order chi connectivity index (χ0) is 14.5. The number of anilines is 1. The summed E-state index contributed by atoms with van der Waals surface area (Å²) < 4.78 is 5.37. The Labute approximate surface area is 124 Å². The summed E-state index contributed by atoms with van der Waals surface area (Å²) in [4.78, 5) is 16.4. The Kier molecular flexibility index (Phi) is 5.20. The molecule has 0 saturated heterocycles. The molecule has 0 bridgehead atoms. The number of ether oxygens (including phenoxy) is 1. The van der Waals surface area contributed by atoms with E-state index in [1.54, 1.807) is 13.2 Å². The molecule has 6 heteroatoms. The molecule has 2 atom stereocenters. The van der Waals surface area contributed by atoms with Crippen molar-refractivity contribution in [3.8, 4) is 0 Å². The van der Waals surface area contributed by atoms with Crippen molar-refractivity contribution in [3.63, 3.8) is 0 Å². The smallest absolute Gasteiger partial charge is 0.253 e. The Balaban J connectivity index is 2.04. The zero-order valence-corrected chi connectivity index (χ0v) is 12.5. The van der Waals surface area contributed by atoms with Crippen LogP contribution in [0.2, 0.25) is 5.02 Å². The quantitative estimate of drug-likeness (QED) is 0.876. The lowest BCUT2D eigenvalue weighted by molar-refractivity contribution is 0.0722. The third kappa shape index (κ3) is 3.41. The minimum Gasteiger partial charge on any atom is -0.379 e. The highest BCUT2D eigenvalue weighted by atomic mass is 35.5. The topological polar surface area (TPSA) is 63.2 Å². The van der Waals surface area contributed by atoms with Crippen LogP contribution in [0.5, 0.6) is 0 Å². The molecule has 2 N–H and O–H groups in total. The maximum absolute atomic E-state index is 12.2. The second-order valence-corrected chi connectivity index (χ2v) is 5.28. The summed E-state index contributed by atoms with van der Waals surface area (Å²) in [5, 5.41) is 6.48. The van der Waals surface area contributed by atoms with Crippen LogP contribution in [0, 0.1) is 0 Å². The molecule has 110 valence electrons. The van der Waals surface area contributed by atoms with E-state index in [1.165, 1.54) is 6.20 Å². The van der Waals surface area contributed by atoms with Gasteiger partial charge in [-0.2, -0.15) is 0 Å². The van der Waals surface area contributed by atoms with Crippen molar-refractivity contribution in [3.05, 3.63) is 22.8 Å². The van der Waals surface area contributed by atoms with Gasteiger partial charge < -0.3 is 15.4 Å². The summed E-state index contributed by atoms with van der Waals surface area (Å²) in [5.41, 5.74) is 0.471. The highest BCUT2D eigenvalue weighted by molar-refractivity contribution is 6.33. The van der Waals surface area contributed by atoms with E-state index in [4.69, 9.17) is 16.3 Å². The van der Waals surface area contributed by atoms with Gasteiger partial charge in [0.25, 0.3) is 5.91 Å². The van der Waals surface area contributed by atoms with Crippen molar-refractivity contribution in [2.45, 2.75) is 38.3 Å². The number of halogens is 1. The first-order valence-corrected chi connectivity index (χ1v) is 7.26. The van der Waals surface area contributed by atoms with Crippen LogP contribution < -0.4 is 10.6 Å². The standard InChI is InChI=1S/C14H20ClN3O2/c1-3-16-13-10(15)7-9(8-17-13)14(19)18-11-5-4-6-12(11)20-2/h7-8,11-12H,3-6H2,1-2H3,(H,16,17)(H,18,19). The van der Waals surface area contributed by atoms with Gasteiger partial charge in [-0.15, -0.1) is 0 Å². The first kappa shape index (κ1) is 15.1. The normalized spacial score (nSPS) is 21.8. The van der Waals surface area contributed by atoms with E-state index >= 15 is 0 Å². The molecule has 1 aliphatic rings. The molecule has 1 aromatic heterocycles. The van der Waals surface area contributed by atoms with Crippen molar-refractivity contribution in [1.29, 1.82) is 0 Å². The summed E-state index contributed by atoms with van der Waals surface area (Å²) in [6, 6.07) is 1.71. The molecule has 1 amide bonds. The third-order valence-electron chi connectivity index (χ3n) is 3.52. The summed E-state index contributed by atoms with van der Waals surface area (Å²) in [7, 11) is 1.68. The predicted octanol–water partition coefficient (Wildman–Crippen LogP) is 2.46. The summed E-state index contributed by atoms with van der Waals surface area (Å²) in [6.45, 7) is 2.69.